The van der Waals surface area contributed by atoms with Crippen LogP contribution in [-0.2, 0) is 9.47 Å². The predicted molar refractivity (Wildman–Crippen MR) is 97.3 cm³/mol. The van der Waals surface area contributed by atoms with Gasteiger partial charge in [0.15, 0.2) is 0 Å². The van der Waals surface area contributed by atoms with Crippen molar-refractivity contribution in [2.75, 3.05) is 32.8 Å². The molecule has 24 heavy (non-hydrogen) atoms. The van der Waals surface area contributed by atoms with Gasteiger partial charge in [-0.05, 0) is 44.7 Å². The molecule has 3 unspecified atom stereocenters. The minimum Gasteiger partial charge on any atom is -0.379 e. The SMILES string of the molecule is Cc1ccccc1C(CN1CCOCC1)NC1CC(C)OC(C)C1. The van der Waals surface area contributed by atoms with Crippen LogP contribution in [0.4, 0.5) is 0 Å². The molecule has 0 amide bonds. The Bertz CT molecular complexity index is 506. The molecule has 0 aromatic heterocycles. The maximum Gasteiger partial charge on any atom is 0.0594 e. The number of benzene rings is 1. The van der Waals surface area contributed by atoms with Crippen LogP contribution >= 0.6 is 0 Å². The molecule has 2 aliphatic heterocycles. The number of rotatable bonds is 5. The van der Waals surface area contributed by atoms with Gasteiger partial charge in [0.05, 0.1) is 25.4 Å². The summed E-state index contributed by atoms with van der Waals surface area (Å²) in [6.07, 6.45) is 2.87. The summed E-state index contributed by atoms with van der Waals surface area (Å²) in [6, 6.07) is 9.67. The van der Waals surface area contributed by atoms with E-state index in [4.69, 9.17) is 9.47 Å². The van der Waals surface area contributed by atoms with E-state index in [1.54, 1.807) is 0 Å². The fourth-order valence-electron chi connectivity index (χ4n) is 4.09. The Morgan fingerprint density at radius 2 is 1.79 bits per heavy atom. The smallest absolute Gasteiger partial charge is 0.0594 e. The summed E-state index contributed by atoms with van der Waals surface area (Å²) in [6.45, 7) is 11.4. The molecular formula is C20H32N2O2. The molecule has 0 saturated carbocycles. The molecular weight excluding hydrogens is 300 g/mol. The first kappa shape index (κ1) is 17.9. The minimum atomic E-state index is 0.340. The van der Waals surface area contributed by atoms with Gasteiger partial charge in [0.25, 0.3) is 0 Å². The van der Waals surface area contributed by atoms with E-state index in [2.05, 4.69) is 55.3 Å². The highest BCUT2D eigenvalue weighted by Crippen LogP contribution is 2.25. The van der Waals surface area contributed by atoms with Crippen molar-refractivity contribution >= 4 is 0 Å². The van der Waals surface area contributed by atoms with Crippen molar-refractivity contribution in [2.45, 2.75) is 57.9 Å². The summed E-state index contributed by atoms with van der Waals surface area (Å²) in [5.41, 5.74) is 2.80. The number of nitrogens with zero attached hydrogens (tertiary/aromatic N) is 1. The molecule has 3 atom stereocenters. The molecule has 1 N–H and O–H groups in total. The quantitative estimate of drug-likeness (QED) is 0.899. The molecule has 4 heteroatoms. The van der Waals surface area contributed by atoms with Gasteiger partial charge in [0.2, 0.25) is 0 Å². The van der Waals surface area contributed by atoms with Gasteiger partial charge in [-0.1, -0.05) is 24.3 Å². The van der Waals surface area contributed by atoms with E-state index < -0.39 is 0 Å². The molecule has 0 aliphatic carbocycles. The highest BCUT2D eigenvalue weighted by Gasteiger charge is 2.28. The topological polar surface area (TPSA) is 33.7 Å². The van der Waals surface area contributed by atoms with Crippen LogP contribution in [0.25, 0.3) is 0 Å². The molecule has 1 aromatic carbocycles. The number of nitrogens with one attached hydrogen (secondary N) is 1. The molecule has 0 spiro atoms. The highest BCUT2D eigenvalue weighted by molar-refractivity contribution is 5.29. The lowest BCUT2D eigenvalue weighted by atomic mass is 9.95. The summed E-state index contributed by atoms with van der Waals surface area (Å²) >= 11 is 0. The third-order valence-corrected chi connectivity index (χ3v) is 5.24. The molecule has 3 rings (SSSR count). The van der Waals surface area contributed by atoms with E-state index in [0.29, 0.717) is 24.3 Å². The van der Waals surface area contributed by atoms with Gasteiger partial charge < -0.3 is 14.8 Å². The third kappa shape index (κ3) is 4.79. The predicted octanol–water partition coefficient (Wildman–Crippen LogP) is 2.91. The summed E-state index contributed by atoms with van der Waals surface area (Å²) in [7, 11) is 0. The number of aryl methyl sites for hydroxylation is 1. The number of morpholine rings is 1. The Balaban J connectivity index is 1.72. The fraction of sp³-hybridized carbons (Fsp3) is 0.700. The van der Waals surface area contributed by atoms with Gasteiger partial charge in [-0.25, -0.2) is 0 Å². The Kier molecular flexibility index (Phi) is 6.28. The van der Waals surface area contributed by atoms with Crippen LogP contribution in [0.3, 0.4) is 0 Å². The summed E-state index contributed by atoms with van der Waals surface area (Å²) in [5.74, 6) is 0. The Hall–Kier alpha value is -0.940. The van der Waals surface area contributed by atoms with Crippen molar-refractivity contribution in [3.05, 3.63) is 35.4 Å². The second-order valence-electron chi connectivity index (χ2n) is 7.41. The Morgan fingerprint density at radius 1 is 1.12 bits per heavy atom. The average Bonchev–Trinajstić information content (AvgIpc) is 2.55. The van der Waals surface area contributed by atoms with Crippen molar-refractivity contribution in [1.29, 1.82) is 0 Å². The molecule has 0 radical (unpaired) electrons. The zero-order valence-corrected chi connectivity index (χ0v) is 15.3. The van der Waals surface area contributed by atoms with E-state index in [1.165, 1.54) is 11.1 Å². The first-order valence-corrected chi connectivity index (χ1v) is 9.39. The van der Waals surface area contributed by atoms with Crippen molar-refractivity contribution in [1.82, 2.24) is 10.2 Å². The minimum absolute atomic E-state index is 0.340. The summed E-state index contributed by atoms with van der Waals surface area (Å²) in [4.78, 5) is 2.53. The zero-order chi connectivity index (χ0) is 16.9. The number of hydrogen-bond donors (Lipinski definition) is 1. The average molecular weight is 332 g/mol. The molecule has 2 heterocycles. The first-order chi connectivity index (χ1) is 11.6. The van der Waals surface area contributed by atoms with Crippen LogP contribution in [0.5, 0.6) is 0 Å². The van der Waals surface area contributed by atoms with Gasteiger partial charge in [0, 0.05) is 31.7 Å². The van der Waals surface area contributed by atoms with E-state index in [0.717, 1.165) is 45.7 Å². The fourth-order valence-corrected chi connectivity index (χ4v) is 4.09. The molecule has 4 nitrogen and oxygen atoms in total. The zero-order valence-electron chi connectivity index (χ0n) is 15.3. The van der Waals surface area contributed by atoms with Crippen molar-refractivity contribution in [2.24, 2.45) is 0 Å². The molecule has 134 valence electrons. The molecule has 2 fully saturated rings. The molecule has 2 saturated heterocycles. The van der Waals surface area contributed by atoms with Crippen molar-refractivity contribution in [3.63, 3.8) is 0 Å². The van der Waals surface area contributed by atoms with Gasteiger partial charge >= 0.3 is 0 Å². The van der Waals surface area contributed by atoms with Crippen molar-refractivity contribution in [3.8, 4) is 0 Å². The lowest BCUT2D eigenvalue weighted by Gasteiger charge is -2.37. The lowest BCUT2D eigenvalue weighted by molar-refractivity contribution is -0.0447. The van der Waals surface area contributed by atoms with Crippen LogP contribution in [-0.4, -0.2) is 56.0 Å². The Labute approximate surface area is 146 Å². The number of hydrogen-bond acceptors (Lipinski definition) is 4. The van der Waals surface area contributed by atoms with Crippen LogP contribution in [0, 0.1) is 6.92 Å². The first-order valence-electron chi connectivity index (χ1n) is 9.39. The molecule has 2 aliphatic rings. The normalized spacial score (nSPS) is 30.2. The Morgan fingerprint density at radius 3 is 2.46 bits per heavy atom. The van der Waals surface area contributed by atoms with E-state index in [9.17, 15) is 0 Å². The van der Waals surface area contributed by atoms with E-state index >= 15 is 0 Å². The lowest BCUT2D eigenvalue weighted by Crippen LogP contribution is -2.47. The van der Waals surface area contributed by atoms with Gasteiger partial charge in [-0.15, -0.1) is 0 Å². The molecule has 0 bridgehead atoms. The van der Waals surface area contributed by atoms with E-state index in [1.807, 2.05) is 0 Å². The second-order valence-corrected chi connectivity index (χ2v) is 7.41. The monoisotopic (exact) mass is 332 g/mol. The third-order valence-electron chi connectivity index (χ3n) is 5.24. The second kappa shape index (κ2) is 8.43. The highest BCUT2D eigenvalue weighted by atomic mass is 16.5. The van der Waals surface area contributed by atoms with Crippen LogP contribution < -0.4 is 5.32 Å². The largest absolute Gasteiger partial charge is 0.379 e. The summed E-state index contributed by atoms with van der Waals surface area (Å²) in [5, 5.41) is 3.96. The van der Waals surface area contributed by atoms with Crippen molar-refractivity contribution < 1.29 is 9.47 Å². The van der Waals surface area contributed by atoms with Crippen LogP contribution in [0.2, 0.25) is 0 Å². The van der Waals surface area contributed by atoms with Gasteiger partial charge in [-0.2, -0.15) is 0 Å². The van der Waals surface area contributed by atoms with Gasteiger partial charge in [0.1, 0.15) is 0 Å². The number of ether oxygens (including phenoxy) is 2. The standard InChI is InChI=1S/C20H32N2O2/c1-15-6-4-5-7-19(15)20(14-22-8-10-23-11-9-22)21-18-12-16(2)24-17(3)13-18/h4-7,16-18,20-21H,8-14H2,1-3H3. The van der Waals surface area contributed by atoms with Gasteiger partial charge in [-0.3, -0.25) is 4.90 Å². The maximum absolute atomic E-state index is 5.91. The molecule has 1 aromatic rings. The van der Waals surface area contributed by atoms with Crippen LogP contribution in [0.1, 0.15) is 43.9 Å². The maximum atomic E-state index is 5.91. The van der Waals surface area contributed by atoms with E-state index in [-0.39, 0.29) is 0 Å². The van der Waals surface area contributed by atoms with Crippen LogP contribution in [0.15, 0.2) is 24.3 Å². The summed E-state index contributed by atoms with van der Waals surface area (Å²) < 4.78 is 11.4.